The number of carbonyl (C=O) groups excluding carboxylic acids is 1. The molecule has 0 atom stereocenters. The van der Waals surface area contributed by atoms with Gasteiger partial charge in [0, 0.05) is 18.5 Å². The molecule has 0 unspecified atom stereocenters. The van der Waals surface area contributed by atoms with Crippen molar-refractivity contribution in [1.29, 1.82) is 0 Å². The predicted molar refractivity (Wildman–Crippen MR) is 51.5 cm³/mol. The second kappa shape index (κ2) is 3.79. The Labute approximate surface area is 84.0 Å². The maximum absolute atomic E-state index is 11.5. The maximum atomic E-state index is 11.5. The van der Waals surface area contributed by atoms with Crippen LogP contribution in [0.5, 0.6) is 0 Å². The number of nitrogens with one attached hydrogen (secondary N) is 2. The Morgan fingerprint density at radius 3 is 2.93 bits per heavy atom. The molecule has 2 aromatic rings. The molecule has 1 amide bonds. The molecule has 15 heavy (non-hydrogen) atoms. The highest BCUT2D eigenvalue weighted by Crippen LogP contribution is 2.01. The van der Waals surface area contributed by atoms with Gasteiger partial charge in [-0.25, -0.2) is 9.78 Å². The lowest BCUT2D eigenvalue weighted by molar-refractivity contribution is 0.102. The Bertz CT molecular complexity index is 495. The van der Waals surface area contributed by atoms with E-state index in [1.54, 1.807) is 6.20 Å². The quantitative estimate of drug-likeness (QED) is 0.752. The number of amides is 1. The molecule has 0 saturated carbocycles. The minimum atomic E-state index is -0.496. The number of H-pyrrole nitrogens is 1. The van der Waals surface area contributed by atoms with Crippen LogP contribution in [0.15, 0.2) is 40.0 Å². The van der Waals surface area contributed by atoms with E-state index in [1.807, 2.05) is 0 Å². The number of aromatic amines is 1. The van der Waals surface area contributed by atoms with Crippen molar-refractivity contribution in [2.24, 2.45) is 0 Å². The minimum absolute atomic E-state index is 0.256. The number of anilines is 1. The summed E-state index contributed by atoms with van der Waals surface area (Å²) >= 11 is 0. The minimum Gasteiger partial charge on any atom is -0.430 e. The molecule has 0 aliphatic rings. The average Bonchev–Trinajstić information content (AvgIpc) is 2.71. The standard InChI is InChI=1S/C9H7N3O3/c13-7-2-1-6(5-15-7)8(14)12-9-10-3-4-11-9/h1-5H,(H2,10,11,12,14). The van der Waals surface area contributed by atoms with Crippen LogP contribution in [0, 0.1) is 0 Å². The van der Waals surface area contributed by atoms with Crippen LogP contribution in [-0.4, -0.2) is 15.9 Å². The SMILES string of the molecule is O=C(Nc1ncc[nH]1)c1ccc(=O)oc1. The van der Waals surface area contributed by atoms with Gasteiger partial charge in [-0.1, -0.05) is 0 Å². The molecule has 0 fully saturated rings. The van der Waals surface area contributed by atoms with Crippen LogP contribution in [0.4, 0.5) is 5.95 Å². The fourth-order valence-corrected chi connectivity index (χ4v) is 1.00. The number of imidazole rings is 1. The van der Waals surface area contributed by atoms with Gasteiger partial charge < -0.3 is 9.40 Å². The van der Waals surface area contributed by atoms with E-state index >= 15 is 0 Å². The maximum Gasteiger partial charge on any atom is 0.335 e. The first-order chi connectivity index (χ1) is 7.25. The number of nitrogens with zero attached hydrogens (tertiary/aromatic N) is 1. The van der Waals surface area contributed by atoms with E-state index in [0.29, 0.717) is 5.95 Å². The number of carbonyl (C=O) groups is 1. The molecule has 6 nitrogen and oxygen atoms in total. The van der Waals surface area contributed by atoms with Crippen molar-refractivity contribution in [3.05, 3.63) is 46.8 Å². The van der Waals surface area contributed by atoms with Gasteiger partial charge in [0.25, 0.3) is 5.91 Å². The normalized spacial score (nSPS) is 9.87. The van der Waals surface area contributed by atoms with Crippen molar-refractivity contribution in [1.82, 2.24) is 9.97 Å². The highest BCUT2D eigenvalue weighted by atomic mass is 16.4. The topological polar surface area (TPSA) is 88.0 Å². The molecule has 0 radical (unpaired) electrons. The Hall–Kier alpha value is -2.37. The second-order valence-electron chi connectivity index (χ2n) is 2.74. The van der Waals surface area contributed by atoms with Crippen LogP contribution in [0.1, 0.15) is 10.4 Å². The highest BCUT2D eigenvalue weighted by molar-refractivity contribution is 6.02. The zero-order valence-electron chi connectivity index (χ0n) is 7.56. The molecule has 6 heteroatoms. The Morgan fingerprint density at radius 1 is 1.47 bits per heavy atom. The van der Waals surface area contributed by atoms with Crippen molar-refractivity contribution < 1.29 is 9.21 Å². The summed E-state index contributed by atoms with van der Waals surface area (Å²) in [5, 5.41) is 2.49. The number of hydrogen-bond donors (Lipinski definition) is 2. The van der Waals surface area contributed by atoms with E-state index in [9.17, 15) is 9.59 Å². The number of aromatic nitrogens is 2. The summed E-state index contributed by atoms with van der Waals surface area (Å²) in [6.07, 6.45) is 4.20. The Balaban J connectivity index is 2.15. The third kappa shape index (κ3) is 2.11. The summed E-state index contributed by atoms with van der Waals surface area (Å²) in [7, 11) is 0. The van der Waals surface area contributed by atoms with E-state index in [2.05, 4.69) is 19.7 Å². The fourth-order valence-electron chi connectivity index (χ4n) is 1.00. The monoisotopic (exact) mass is 205 g/mol. The summed E-state index contributed by atoms with van der Waals surface area (Å²) in [4.78, 5) is 28.7. The van der Waals surface area contributed by atoms with Crippen molar-refractivity contribution in [3.8, 4) is 0 Å². The van der Waals surface area contributed by atoms with Crippen molar-refractivity contribution in [3.63, 3.8) is 0 Å². The molecular weight excluding hydrogens is 198 g/mol. The summed E-state index contributed by atoms with van der Waals surface area (Å²) in [5.41, 5.74) is -0.240. The van der Waals surface area contributed by atoms with Crippen LogP contribution in [0.25, 0.3) is 0 Å². The summed E-state index contributed by atoms with van der Waals surface area (Å²) < 4.78 is 4.55. The van der Waals surface area contributed by atoms with Crippen LogP contribution in [0.2, 0.25) is 0 Å². The van der Waals surface area contributed by atoms with Crippen LogP contribution >= 0.6 is 0 Å². The molecule has 2 rings (SSSR count). The van der Waals surface area contributed by atoms with E-state index in [0.717, 1.165) is 6.26 Å². The highest BCUT2D eigenvalue weighted by Gasteiger charge is 2.07. The molecule has 0 saturated heterocycles. The summed E-state index contributed by atoms with van der Waals surface area (Å²) in [5.74, 6) is -0.0556. The summed E-state index contributed by atoms with van der Waals surface area (Å²) in [6, 6.07) is 2.56. The number of rotatable bonds is 2. The first kappa shape index (κ1) is 9.20. The predicted octanol–water partition coefficient (Wildman–Crippen LogP) is 0.615. The van der Waals surface area contributed by atoms with Crippen molar-refractivity contribution in [2.75, 3.05) is 5.32 Å². The van der Waals surface area contributed by atoms with Crippen LogP contribution in [0.3, 0.4) is 0 Å². The molecule has 76 valence electrons. The zero-order chi connectivity index (χ0) is 10.7. The van der Waals surface area contributed by atoms with Gasteiger partial charge in [0.1, 0.15) is 6.26 Å². The fraction of sp³-hybridized carbons (Fsp3) is 0. The zero-order valence-corrected chi connectivity index (χ0v) is 7.56. The molecule has 2 heterocycles. The van der Waals surface area contributed by atoms with Gasteiger partial charge in [-0.3, -0.25) is 10.1 Å². The van der Waals surface area contributed by atoms with Gasteiger partial charge in [-0.15, -0.1) is 0 Å². The van der Waals surface area contributed by atoms with Crippen molar-refractivity contribution in [2.45, 2.75) is 0 Å². The molecule has 0 bridgehead atoms. The third-order valence-electron chi connectivity index (χ3n) is 1.69. The molecule has 0 aromatic carbocycles. The van der Waals surface area contributed by atoms with Crippen LogP contribution < -0.4 is 10.9 Å². The third-order valence-corrected chi connectivity index (χ3v) is 1.69. The molecule has 2 aromatic heterocycles. The summed E-state index contributed by atoms with van der Waals surface area (Å²) in [6.45, 7) is 0. The molecule has 0 aliphatic heterocycles. The van der Waals surface area contributed by atoms with Gasteiger partial charge in [0.2, 0.25) is 5.95 Å². The Morgan fingerprint density at radius 2 is 2.33 bits per heavy atom. The first-order valence-electron chi connectivity index (χ1n) is 4.15. The van der Waals surface area contributed by atoms with Crippen LogP contribution in [-0.2, 0) is 0 Å². The van der Waals surface area contributed by atoms with Gasteiger partial charge in [0.05, 0.1) is 5.56 Å². The first-order valence-corrected chi connectivity index (χ1v) is 4.15. The van der Waals surface area contributed by atoms with Gasteiger partial charge in [-0.2, -0.15) is 0 Å². The van der Waals surface area contributed by atoms with Crippen molar-refractivity contribution >= 4 is 11.9 Å². The average molecular weight is 205 g/mol. The lowest BCUT2D eigenvalue weighted by Gasteiger charge is -1.99. The lowest BCUT2D eigenvalue weighted by Crippen LogP contribution is -2.13. The molecule has 0 aliphatic carbocycles. The van der Waals surface area contributed by atoms with Gasteiger partial charge >= 0.3 is 5.63 Å². The molecule has 2 N–H and O–H groups in total. The van der Waals surface area contributed by atoms with E-state index < -0.39 is 11.5 Å². The van der Waals surface area contributed by atoms with Gasteiger partial charge in [-0.05, 0) is 6.07 Å². The second-order valence-corrected chi connectivity index (χ2v) is 2.74. The Kier molecular flexibility index (Phi) is 2.32. The number of hydrogen-bond acceptors (Lipinski definition) is 4. The molecule has 0 spiro atoms. The van der Waals surface area contributed by atoms with E-state index in [-0.39, 0.29) is 5.56 Å². The van der Waals surface area contributed by atoms with Gasteiger partial charge in [0.15, 0.2) is 0 Å². The largest absolute Gasteiger partial charge is 0.430 e. The smallest absolute Gasteiger partial charge is 0.335 e. The lowest BCUT2D eigenvalue weighted by atomic mass is 10.3. The van der Waals surface area contributed by atoms with E-state index in [4.69, 9.17) is 0 Å². The molecular formula is C9H7N3O3. The van der Waals surface area contributed by atoms with E-state index in [1.165, 1.54) is 18.3 Å².